The van der Waals surface area contributed by atoms with E-state index in [0.717, 1.165) is 12.8 Å². The summed E-state index contributed by atoms with van der Waals surface area (Å²) in [5.41, 5.74) is 0.485. The molecule has 0 aliphatic carbocycles. The predicted molar refractivity (Wildman–Crippen MR) is 77.3 cm³/mol. The second-order valence-corrected chi connectivity index (χ2v) is 5.79. The summed E-state index contributed by atoms with van der Waals surface area (Å²) in [5, 5.41) is 0.519. The fraction of sp³-hybridized carbons (Fsp3) is 0.571. The van der Waals surface area contributed by atoms with Gasteiger partial charge in [-0.15, -0.1) is 0 Å². The third-order valence-corrected chi connectivity index (χ3v) is 4.18. The van der Waals surface area contributed by atoms with Gasteiger partial charge < -0.3 is 19.5 Å². The Kier molecular flexibility index (Phi) is 4.17. The Bertz CT molecular complexity index is 531. The van der Waals surface area contributed by atoms with Gasteiger partial charge in [-0.05, 0) is 18.9 Å². The molecule has 0 spiro atoms. The van der Waals surface area contributed by atoms with Crippen LogP contribution in [0.15, 0.2) is 12.3 Å². The number of carbonyl (C=O) groups is 2. The maximum Gasteiger partial charge on any atom is 0.270 e. The smallest absolute Gasteiger partial charge is 0.270 e. The van der Waals surface area contributed by atoms with Crippen LogP contribution in [0, 0.1) is 0 Å². The van der Waals surface area contributed by atoms with Gasteiger partial charge in [0.25, 0.3) is 11.8 Å². The predicted octanol–water partition coefficient (Wildman–Crippen LogP) is 1.13. The normalized spacial score (nSPS) is 22.6. The third-order valence-electron chi connectivity index (χ3n) is 3.96. The van der Waals surface area contributed by atoms with E-state index in [4.69, 9.17) is 16.3 Å². The lowest BCUT2D eigenvalue weighted by atomic mass is 10.2. The van der Waals surface area contributed by atoms with Crippen LogP contribution in [0.1, 0.15) is 23.3 Å². The molecule has 1 unspecified atom stereocenters. The van der Waals surface area contributed by atoms with E-state index in [1.165, 1.54) is 0 Å². The molecule has 114 valence electrons. The number of ether oxygens (including phenoxy) is 1. The zero-order valence-electron chi connectivity index (χ0n) is 11.7. The molecule has 0 aromatic carbocycles. The first-order chi connectivity index (χ1) is 10.1. The number of halogens is 1. The van der Waals surface area contributed by atoms with Crippen LogP contribution < -0.4 is 0 Å². The molecular formula is C14H18ClN3O3. The standard InChI is InChI=1S/C14H18ClN3O3/c15-10-8-11(16-9-10)13(19)17-3-5-18(6-4-17)14(20)12-2-1-7-21-12/h8-9,12,16H,1-7H2. The Hall–Kier alpha value is -1.53. The van der Waals surface area contributed by atoms with Crippen molar-refractivity contribution in [1.29, 1.82) is 0 Å². The van der Waals surface area contributed by atoms with Crippen molar-refractivity contribution in [3.05, 3.63) is 23.0 Å². The van der Waals surface area contributed by atoms with Gasteiger partial charge in [0.1, 0.15) is 11.8 Å². The Morgan fingerprint density at radius 2 is 1.95 bits per heavy atom. The number of hydrogen-bond donors (Lipinski definition) is 1. The van der Waals surface area contributed by atoms with Gasteiger partial charge in [-0.3, -0.25) is 9.59 Å². The van der Waals surface area contributed by atoms with E-state index in [2.05, 4.69) is 4.98 Å². The molecule has 0 bridgehead atoms. The van der Waals surface area contributed by atoms with Gasteiger partial charge in [0, 0.05) is 39.0 Å². The van der Waals surface area contributed by atoms with Crippen LogP contribution in [0.3, 0.4) is 0 Å². The summed E-state index contributed by atoms with van der Waals surface area (Å²) in [6, 6.07) is 1.62. The van der Waals surface area contributed by atoms with Crippen LogP contribution >= 0.6 is 11.6 Å². The molecular weight excluding hydrogens is 294 g/mol. The molecule has 0 radical (unpaired) electrons. The molecule has 1 atom stereocenters. The molecule has 2 saturated heterocycles. The summed E-state index contributed by atoms with van der Waals surface area (Å²) in [6.07, 6.45) is 3.06. The maximum atomic E-state index is 12.3. The molecule has 21 heavy (non-hydrogen) atoms. The van der Waals surface area contributed by atoms with Gasteiger partial charge in [0.2, 0.25) is 0 Å². The quantitative estimate of drug-likeness (QED) is 0.890. The summed E-state index contributed by atoms with van der Waals surface area (Å²) in [5.74, 6) is -0.0198. The van der Waals surface area contributed by atoms with Crippen LogP contribution in [0.5, 0.6) is 0 Å². The van der Waals surface area contributed by atoms with Gasteiger partial charge in [-0.2, -0.15) is 0 Å². The van der Waals surface area contributed by atoms with Gasteiger partial charge in [-0.25, -0.2) is 0 Å². The van der Waals surface area contributed by atoms with Crippen molar-refractivity contribution in [2.24, 2.45) is 0 Å². The largest absolute Gasteiger partial charge is 0.368 e. The third kappa shape index (κ3) is 3.06. The molecule has 2 amide bonds. The first-order valence-corrected chi connectivity index (χ1v) is 7.56. The highest BCUT2D eigenvalue weighted by Gasteiger charge is 2.31. The number of amides is 2. The molecule has 2 aliphatic rings. The molecule has 0 saturated carbocycles. The van der Waals surface area contributed by atoms with Gasteiger partial charge in [0.15, 0.2) is 0 Å². The molecule has 1 aromatic rings. The summed E-state index contributed by atoms with van der Waals surface area (Å²) in [7, 11) is 0. The van der Waals surface area contributed by atoms with Crippen LogP contribution in [-0.2, 0) is 9.53 Å². The fourth-order valence-electron chi connectivity index (χ4n) is 2.77. The number of piperazine rings is 1. The van der Waals surface area contributed by atoms with E-state index < -0.39 is 0 Å². The SMILES string of the molecule is O=C(c1cc(Cl)c[nH]1)N1CCN(C(=O)C2CCCO2)CC1. The Morgan fingerprint density at radius 1 is 1.24 bits per heavy atom. The topological polar surface area (TPSA) is 65.6 Å². The molecule has 7 heteroatoms. The summed E-state index contributed by atoms with van der Waals surface area (Å²) >= 11 is 5.81. The summed E-state index contributed by atoms with van der Waals surface area (Å²) < 4.78 is 5.42. The lowest BCUT2D eigenvalue weighted by Gasteiger charge is -2.35. The number of carbonyl (C=O) groups excluding carboxylic acids is 2. The number of rotatable bonds is 2. The number of nitrogens with one attached hydrogen (secondary N) is 1. The van der Waals surface area contributed by atoms with Crippen LogP contribution in [0.25, 0.3) is 0 Å². The Labute approximate surface area is 128 Å². The number of nitrogens with zero attached hydrogens (tertiary/aromatic N) is 2. The number of aromatic amines is 1. The minimum atomic E-state index is -0.283. The van der Waals surface area contributed by atoms with E-state index in [0.29, 0.717) is 43.5 Å². The molecule has 2 fully saturated rings. The maximum absolute atomic E-state index is 12.3. The number of hydrogen-bond acceptors (Lipinski definition) is 3. The van der Waals surface area contributed by atoms with Gasteiger partial charge in [-0.1, -0.05) is 11.6 Å². The molecule has 2 aliphatic heterocycles. The van der Waals surface area contributed by atoms with Crippen LogP contribution in [0.2, 0.25) is 5.02 Å². The Morgan fingerprint density at radius 3 is 2.52 bits per heavy atom. The van der Waals surface area contributed by atoms with E-state index in [1.807, 2.05) is 0 Å². The fourth-order valence-corrected chi connectivity index (χ4v) is 2.93. The first kappa shape index (κ1) is 14.4. The van der Waals surface area contributed by atoms with E-state index in [9.17, 15) is 9.59 Å². The van der Waals surface area contributed by atoms with Crippen molar-refractivity contribution in [3.8, 4) is 0 Å². The second kappa shape index (κ2) is 6.07. The van der Waals surface area contributed by atoms with Crippen molar-refractivity contribution in [3.63, 3.8) is 0 Å². The minimum Gasteiger partial charge on any atom is -0.368 e. The lowest BCUT2D eigenvalue weighted by Crippen LogP contribution is -2.52. The highest BCUT2D eigenvalue weighted by atomic mass is 35.5. The molecule has 3 heterocycles. The molecule has 6 nitrogen and oxygen atoms in total. The lowest BCUT2D eigenvalue weighted by molar-refractivity contribution is -0.142. The van der Waals surface area contributed by atoms with Crippen molar-refractivity contribution in [2.45, 2.75) is 18.9 Å². The average molecular weight is 312 g/mol. The van der Waals surface area contributed by atoms with E-state index in [-0.39, 0.29) is 17.9 Å². The van der Waals surface area contributed by atoms with Gasteiger partial charge in [0.05, 0.1) is 5.02 Å². The van der Waals surface area contributed by atoms with Crippen LogP contribution in [0.4, 0.5) is 0 Å². The van der Waals surface area contributed by atoms with Crippen LogP contribution in [-0.4, -0.2) is 65.5 Å². The number of aromatic nitrogens is 1. The Balaban J connectivity index is 1.55. The monoisotopic (exact) mass is 311 g/mol. The molecule has 3 rings (SSSR count). The summed E-state index contributed by atoms with van der Waals surface area (Å²) in [4.78, 5) is 30.9. The van der Waals surface area contributed by atoms with E-state index in [1.54, 1.807) is 22.1 Å². The average Bonchev–Trinajstić information content (AvgIpc) is 3.17. The second-order valence-electron chi connectivity index (χ2n) is 5.35. The van der Waals surface area contributed by atoms with Gasteiger partial charge >= 0.3 is 0 Å². The first-order valence-electron chi connectivity index (χ1n) is 7.19. The zero-order valence-corrected chi connectivity index (χ0v) is 12.4. The molecule has 1 N–H and O–H groups in total. The van der Waals surface area contributed by atoms with Crippen molar-refractivity contribution >= 4 is 23.4 Å². The number of H-pyrrole nitrogens is 1. The van der Waals surface area contributed by atoms with Crippen molar-refractivity contribution < 1.29 is 14.3 Å². The van der Waals surface area contributed by atoms with E-state index >= 15 is 0 Å². The van der Waals surface area contributed by atoms with Crippen molar-refractivity contribution in [2.75, 3.05) is 32.8 Å². The minimum absolute atomic E-state index is 0.0579. The molecule has 1 aromatic heterocycles. The highest BCUT2D eigenvalue weighted by Crippen LogP contribution is 2.17. The van der Waals surface area contributed by atoms with Crippen molar-refractivity contribution in [1.82, 2.24) is 14.8 Å². The highest BCUT2D eigenvalue weighted by molar-refractivity contribution is 6.30. The zero-order chi connectivity index (χ0) is 14.8. The summed E-state index contributed by atoms with van der Waals surface area (Å²) in [6.45, 7) is 2.85.